The van der Waals surface area contributed by atoms with Gasteiger partial charge in [-0.2, -0.15) is 11.8 Å². The van der Waals surface area contributed by atoms with Gasteiger partial charge in [0, 0.05) is 12.5 Å². The summed E-state index contributed by atoms with van der Waals surface area (Å²) in [5.41, 5.74) is 0.941. The molecule has 1 aromatic rings. The fourth-order valence-corrected chi connectivity index (χ4v) is 5.03. The zero-order valence-corrected chi connectivity index (χ0v) is 17.4. The number of fused-ring (bicyclic) bond motifs is 1. The SMILES string of the molecule is CSCC[C@H](C(=O)O)N1C(=O)/C(=C2\C(=O)N(C(C)=O)c3ccccc32)SC1=S. The molecule has 0 spiro atoms. The van der Waals surface area contributed by atoms with Gasteiger partial charge >= 0.3 is 5.97 Å². The van der Waals surface area contributed by atoms with Crippen molar-refractivity contribution in [1.82, 2.24) is 4.90 Å². The third kappa shape index (κ3) is 3.36. The minimum absolute atomic E-state index is 0.0570. The van der Waals surface area contributed by atoms with E-state index in [1.165, 1.54) is 18.7 Å². The standard InChI is InChI=1S/C18H16N2O5S3/c1-9(21)19-11-6-4-3-5-10(11)13(15(19)22)14-16(23)20(18(26)28-14)12(17(24)25)7-8-27-2/h3-6,12H,7-8H2,1-2H3,(H,24,25)/b14-13+/t12-/m1/s1. The van der Waals surface area contributed by atoms with Crippen molar-refractivity contribution in [2.24, 2.45) is 0 Å². The highest BCUT2D eigenvalue weighted by atomic mass is 32.2. The molecule has 2 heterocycles. The molecule has 0 bridgehead atoms. The number of carboxylic acid groups (broad SMARTS) is 1. The maximum atomic E-state index is 13.1. The molecule has 7 nitrogen and oxygen atoms in total. The quantitative estimate of drug-likeness (QED) is 0.555. The number of imide groups is 1. The topological polar surface area (TPSA) is 95.0 Å². The number of para-hydroxylation sites is 1. The number of benzene rings is 1. The first-order valence-electron chi connectivity index (χ1n) is 8.25. The minimum Gasteiger partial charge on any atom is -0.480 e. The molecule has 1 aromatic carbocycles. The van der Waals surface area contributed by atoms with Crippen molar-refractivity contribution in [3.05, 3.63) is 34.7 Å². The van der Waals surface area contributed by atoms with Crippen LogP contribution in [-0.4, -0.2) is 56.1 Å². The maximum absolute atomic E-state index is 13.1. The van der Waals surface area contributed by atoms with Gasteiger partial charge in [0.2, 0.25) is 5.91 Å². The first-order valence-corrected chi connectivity index (χ1v) is 10.9. The van der Waals surface area contributed by atoms with Crippen LogP contribution in [0, 0.1) is 0 Å². The van der Waals surface area contributed by atoms with Crippen LogP contribution in [0.2, 0.25) is 0 Å². The molecular formula is C18H16N2O5S3. The smallest absolute Gasteiger partial charge is 0.326 e. The lowest BCUT2D eigenvalue weighted by atomic mass is 10.1. The number of carbonyl (C=O) groups excluding carboxylic acids is 3. The van der Waals surface area contributed by atoms with Crippen LogP contribution in [0.5, 0.6) is 0 Å². The average molecular weight is 437 g/mol. The van der Waals surface area contributed by atoms with Crippen LogP contribution >= 0.6 is 35.7 Å². The van der Waals surface area contributed by atoms with Crippen LogP contribution in [-0.2, 0) is 19.2 Å². The number of hydrogen-bond donors (Lipinski definition) is 1. The highest BCUT2D eigenvalue weighted by Gasteiger charge is 2.46. The zero-order valence-electron chi connectivity index (χ0n) is 15.0. The molecule has 0 aliphatic carbocycles. The molecule has 2 aliphatic rings. The first-order chi connectivity index (χ1) is 13.3. The molecule has 0 saturated carbocycles. The van der Waals surface area contributed by atoms with Gasteiger partial charge in [0.15, 0.2) is 0 Å². The summed E-state index contributed by atoms with van der Waals surface area (Å²) < 4.78 is 0.0903. The molecule has 1 N–H and O–H groups in total. The van der Waals surface area contributed by atoms with Crippen molar-refractivity contribution in [3.8, 4) is 0 Å². The Kier molecular flexibility index (Phi) is 5.92. The molecular weight excluding hydrogens is 420 g/mol. The second-order valence-corrected chi connectivity index (χ2v) is 8.69. The average Bonchev–Trinajstić information content (AvgIpc) is 3.08. The van der Waals surface area contributed by atoms with E-state index < -0.39 is 29.7 Å². The van der Waals surface area contributed by atoms with Gasteiger partial charge in [0.25, 0.3) is 11.8 Å². The molecule has 146 valence electrons. The van der Waals surface area contributed by atoms with Crippen molar-refractivity contribution in [2.45, 2.75) is 19.4 Å². The third-order valence-corrected chi connectivity index (χ3v) is 6.41. The second-order valence-electron chi connectivity index (χ2n) is 6.06. The number of thiocarbonyl (C=S) groups is 1. The Morgan fingerprint density at radius 2 is 1.93 bits per heavy atom. The Morgan fingerprint density at radius 1 is 1.25 bits per heavy atom. The normalized spacial score (nSPS) is 20.0. The van der Waals surface area contributed by atoms with Gasteiger partial charge in [-0.3, -0.25) is 19.3 Å². The van der Waals surface area contributed by atoms with Gasteiger partial charge < -0.3 is 5.11 Å². The molecule has 1 fully saturated rings. The molecule has 1 saturated heterocycles. The number of thioether (sulfide) groups is 2. The van der Waals surface area contributed by atoms with Gasteiger partial charge in [0.1, 0.15) is 10.4 Å². The summed E-state index contributed by atoms with van der Waals surface area (Å²) in [5, 5.41) is 9.56. The summed E-state index contributed by atoms with van der Waals surface area (Å²) in [4.78, 5) is 51.8. The van der Waals surface area contributed by atoms with Crippen LogP contribution in [0.15, 0.2) is 29.2 Å². The summed E-state index contributed by atoms with van der Waals surface area (Å²) in [7, 11) is 0. The number of carboxylic acids is 1. The molecule has 0 radical (unpaired) electrons. The van der Waals surface area contributed by atoms with Crippen molar-refractivity contribution < 1.29 is 24.3 Å². The Hall–Kier alpha value is -2.17. The van der Waals surface area contributed by atoms with E-state index in [-0.39, 0.29) is 21.2 Å². The van der Waals surface area contributed by atoms with Gasteiger partial charge in [-0.1, -0.05) is 42.2 Å². The summed E-state index contributed by atoms with van der Waals surface area (Å²) >= 11 is 7.63. The predicted octanol–water partition coefficient (Wildman–Crippen LogP) is 2.36. The van der Waals surface area contributed by atoms with Crippen molar-refractivity contribution in [3.63, 3.8) is 0 Å². The van der Waals surface area contributed by atoms with Crippen LogP contribution in [0.4, 0.5) is 5.69 Å². The van der Waals surface area contributed by atoms with E-state index in [1.54, 1.807) is 24.3 Å². The summed E-state index contributed by atoms with van der Waals surface area (Å²) in [6.45, 7) is 1.27. The van der Waals surface area contributed by atoms with Crippen LogP contribution in [0.1, 0.15) is 18.9 Å². The number of aliphatic carboxylic acids is 1. The Labute approximate surface area is 175 Å². The molecule has 1 atom stereocenters. The largest absolute Gasteiger partial charge is 0.480 e. The molecule has 10 heteroatoms. The van der Waals surface area contributed by atoms with E-state index in [9.17, 15) is 24.3 Å². The molecule has 3 rings (SSSR count). The van der Waals surface area contributed by atoms with Crippen molar-refractivity contribution in [2.75, 3.05) is 16.9 Å². The van der Waals surface area contributed by atoms with Gasteiger partial charge in [-0.25, -0.2) is 9.69 Å². The molecule has 28 heavy (non-hydrogen) atoms. The first kappa shape index (κ1) is 20.6. The number of hydrogen-bond acceptors (Lipinski definition) is 7. The fraction of sp³-hybridized carbons (Fsp3) is 0.278. The van der Waals surface area contributed by atoms with E-state index in [0.717, 1.165) is 21.6 Å². The number of amides is 3. The van der Waals surface area contributed by atoms with Crippen LogP contribution in [0.25, 0.3) is 5.57 Å². The predicted molar refractivity (Wildman–Crippen MR) is 113 cm³/mol. The Bertz CT molecular complexity index is 943. The third-order valence-electron chi connectivity index (χ3n) is 4.36. The number of anilines is 1. The summed E-state index contributed by atoms with van der Waals surface area (Å²) in [5.74, 6) is -2.30. The molecule has 3 amide bonds. The lowest BCUT2D eigenvalue weighted by molar-refractivity contribution is -0.145. The van der Waals surface area contributed by atoms with E-state index in [1.807, 2.05) is 6.26 Å². The summed E-state index contributed by atoms with van der Waals surface area (Å²) in [6.07, 6.45) is 2.07. The van der Waals surface area contributed by atoms with Crippen molar-refractivity contribution >= 4 is 75.0 Å². The monoisotopic (exact) mass is 436 g/mol. The summed E-state index contributed by atoms with van der Waals surface area (Å²) in [6, 6.07) is 5.57. The maximum Gasteiger partial charge on any atom is 0.326 e. The van der Waals surface area contributed by atoms with Gasteiger partial charge in [0.05, 0.1) is 16.2 Å². The van der Waals surface area contributed by atoms with Crippen LogP contribution < -0.4 is 4.90 Å². The fourth-order valence-electron chi connectivity index (χ4n) is 3.14. The molecule has 0 aromatic heterocycles. The highest BCUT2D eigenvalue weighted by Crippen LogP contribution is 2.45. The lowest BCUT2D eigenvalue weighted by Gasteiger charge is -2.22. The minimum atomic E-state index is -1.15. The van der Waals surface area contributed by atoms with Gasteiger partial charge in [-0.15, -0.1) is 0 Å². The van der Waals surface area contributed by atoms with Crippen LogP contribution in [0.3, 0.4) is 0 Å². The van der Waals surface area contributed by atoms with E-state index in [2.05, 4.69) is 0 Å². The second kappa shape index (κ2) is 8.06. The molecule has 2 aliphatic heterocycles. The Balaban J connectivity index is 2.09. The zero-order chi connectivity index (χ0) is 20.6. The number of rotatable bonds is 5. The van der Waals surface area contributed by atoms with Crippen molar-refractivity contribution in [1.29, 1.82) is 0 Å². The van der Waals surface area contributed by atoms with E-state index >= 15 is 0 Å². The van der Waals surface area contributed by atoms with Gasteiger partial charge in [-0.05, 0) is 24.5 Å². The van der Waals surface area contributed by atoms with E-state index in [4.69, 9.17) is 12.2 Å². The highest BCUT2D eigenvalue weighted by molar-refractivity contribution is 8.26. The molecule has 0 unspecified atom stereocenters. The van der Waals surface area contributed by atoms with E-state index in [0.29, 0.717) is 17.0 Å². The number of nitrogens with zero attached hydrogens (tertiary/aromatic N) is 2. The Morgan fingerprint density at radius 3 is 2.54 bits per heavy atom. The number of carbonyl (C=O) groups is 4. The lowest BCUT2D eigenvalue weighted by Crippen LogP contribution is -2.44.